The van der Waals surface area contributed by atoms with Crippen molar-refractivity contribution in [3.05, 3.63) is 47.9 Å². The molecule has 0 bridgehead atoms. The summed E-state index contributed by atoms with van der Waals surface area (Å²) in [5, 5.41) is 6.77. The molecule has 0 unspecified atom stereocenters. The number of aryl methyl sites for hydroxylation is 2. The molecular formula is C23H25N3O. The standard InChI is InChI=1S/C23H25N3O/c1-14-23(15(2)27-24-14)17-7-10-21-20(11-17)19-9-8-18(25(3)4)12-22(19)26(21)13-16-5-6-16/h7-12,16H,5-6,13H2,1-4H3. The maximum atomic E-state index is 5.40. The zero-order valence-corrected chi connectivity index (χ0v) is 16.4. The van der Waals surface area contributed by atoms with Crippen LogP contribution in [0.25, 0.3) is 32.9 Å². The molecule has 2 aromatic heterocycles. The quantitative estimate of drug-likeness (QED) is 0.479. The SMILES string of the molecule is Cc1noc(C)c1-c1ccc2c(c1)c1ccc(N(C)C)cc1n2CC1CC1. The molecule has 1 fully saturated rings. The van der Waals surface area contributed by atoms with Crippen molar-refractivity contribution in [1.82, 2.24) is 9.72 Å². The highest BCUT2D eigenvalue weighted by Crippen LogP contribution is 2.39. The summed E-state index contributed by atoms with van der Waals surface area (Å²) in [6, 6.07) is 13.6. The number of nitrogens with zero attached hydrogens (tertiary/aromatic N) is 3. The average Bonchev–Trinajstić information content (AvgIpc) is 3.35. The molecule has 27 heavy (non-hydrogen) atoms. The van der Waals surface area contributed by atoms with Crippen molar-refractivity contribution < 1.29 is 4.52 Å². The van der Waals surface area contributed by atoms with Crippen LogP contribution in [-0.2, 0) is 6.54 Å². The number of hydrogen-bond acceptors (Lipinski definition) is 3. The minimum atomic E-state index is 0.828. The third-order valence-electron chi connectivity index (χ3n) is 5.83. The lowest BCUT2D eigenvalue weighted by Crippen LogP contribution is -2.08. The lowest BCUT2D eigenvalue weighted by atomic mass is 10.0. The predicted molar refractivity (Wildman–Crippen MR) is 111 cm³/mol. The molecule has 0 radical (unpaired) electrons. The monoisotopic (exact) mass is 359 g/mol. The molecule has 0 aliphatic heterocycles. The molecule has 0 atom stereocenters. The van der Waals surface area contributed by atoms with Crippen LogP contribution in [0.4, 0.5) is 5.69 Å². The second kappa shape index (κ2) is 5.88. The van der Waals surface area contributed by atoms with Crippen molar-refractivity contribution in [1.29, 1.82) is 0 Å². The van der Waals surface area contributed by atoms with E-state index in [9.17, 15) is 0 Å². The van der Waals surface area contributed by atoms with Crippen LogP contribution in [0.2, 0.25) is 0 Å². The van der Waals surface area contributed by atoms with E-state index >= 15 is 0 Å². The van der Waals surface area contributed by atoms with Crippen molar-refractivity contribution in [2.75, 3.05) is 19.0 Å². The van der Waals surface area contributed by atoms with E-state index in [0.29, 0.717) is 0 Å². The maximum Gasteiger partial charge on any atom is 0.141 e. The van der Waals surface area contributed by atoms with Crippen molar-refractivity contribution in [3.8, 4) is 11.1 Å². The van der Waals surface area contributed by atoms with Crippen LogP contribution in [-0.4, -0.2) is 23.8 Å². The lowest BCUT2D eigenvalue weighted by molar-refractivity contribution is 0.393. The molecule has 4 aromatic rings. The molecule has 1 aliphatic carbocycles. The number of benzene rings is 2. The van der Waals surface area contributed by atoms with Gasteiger partial charge >= 0.3 is 0 Å². The summed E-state index contributed by atoms with van der Waals surface area (Å²) in [4.78, 5) is 2.17. The Morgan fingerprint density at radius 1 is 1.04 bits per heavy atom. The zero-order valence-electron chi connectivity index (χ0n) is 16.4. The van der Waals surface area contributed by atoms with E-state index in [1.807, 2.05) is 13.8 Å². The first-order chi connectivity index (χ1) is 13.0. The van der Waals surface area contributed by atoms with Gasteiger partial charge in [-0.15, -0.1) is 0 Å². The summed E-state index contributed by atoms with van der Waals surface area (Å²) in [6.07, 6.45) is 2.71. The number of rotatable bonds is 4. The van der Waals surface area contributed by atoms with E-state index in [1.54, 1.807) is 0 Å². The van der Waals surface area contributed by atoms with E-state index < -0.39 is 0 Å². The van der Waals surface area contributed by atoms with Crippen molar-refractivity contribution in [3.63, 3.8) is 0 Å². The van der Waals surface area contributed by atoms with Gasteiger partial charge in [-0.1, -0.05) is 17.3 Å². The Labute approximate surface area is 159 Å². The second-order valence-electron chi connectivity index (χ2n) is 8.08. The van der Waals surface area contributed by atoms with Gasteiger partial charge in [-0.2, -0.15) is 0 Å². The molecule has 4 nitrogen and oxygen atoms in total. The molecule has 0 N–H and O–H groups in total. The smallest absolute Gasteiger partial charge is 0.141 e. The molecule has 2 heterocycles. The van der Waals surface area contributed by atoms with Gasteiger partial charge in [0.1, 0.15) is 5.76 Å². The van der Waals surface area contributed by atoms with Gasteiger partial charge in [0.05, 0.1) is 11.2 Å². The van der Waals surface area contributed by atoms with E-state index in [0.717, 1.165) is 29.5 Å². The van der Waals surface area contributed by atoms with Crippen LogP contribution < -0.4 is 4.90 Å². The molecular weight excluding hydrogens is 334 g/mol. The fraction of sp³-hybridized carbons (Fsp3) is 0.348. The number of hydrogen-bond donors (Lipinski definition) is 0. The number of anilines is 1. The van der Waals surface area contributed by atoms with Crippen LogP contribution in [0.1, 0.15) is 24.3 Å². The van der Waals surface area contributed by atoms with Gasteiger partial charge in [0, 0.05) is 48.2 Å². The van der Waals surface area contributed by atoms with Crippen LogP contribution in [0.15, 0.2) is 40.9 Å². The second-order valence-corrected chi connectivity index (χ2v) is 8.08. The highest BCUT2D eigenvalue weighted by molar-refractivity contribution is 6.10. The fourth-order valence-corrected chi connectivity index (χ4v) is 4.17. The Kier molecular flexibility index (Phi) is 3.58. The highest BCUT2D eigenvalue weighted by atomic mass is 16.5. The Morgan fingerprint density at radius 2 is 1.85 bits per heavy atom. The van der Waals surface area contributed by atoms with Crippen molar-refractivity contribution in [2.45, 2.75) is 33.2 Å². The number of fused-ring (bicyclic) bond motifs is 3. The van der Waals surface area contributed by atoms with Gasteiger partial charge in [-0.05, 0) is 62.4 Å². The van der Waals surface area contributed by atoms with Crippen LogP contribution >= 0.6 is 0 Å². The van der Waals surface area contributed by atoms with Crippen LogP contribution in [0, 0.1) is 19.8 Å². The first kappa shape index (κ1) is 16.4. The van der Waals surface area contributed by atoms with E-state index in [1.165, 1.54) is 45.9 Å². The molecule has 138 valence electrons. The summed E-state index contributed by atoms with van der Waals surface area (Å²) < 4.78 is 7.92. The Balaban J connectivity index is 1.78. The average molecular weight is 359 g/mol. The molecule has 1 aliphatic rings. The highest BCUT2D eigenvalue weighted by Gasteiger charge is 2.24. The van der Waals surface area contributed by atoms with Crippen molar-refractivity contribution in [2.24, 2.45) is 5.92 Å². The lowest BCUT2D eigenvalue weighted by Gasteiger charge is -2.13. The topological polar surface area (TPSA) is 34.2 Å². The molecule has 1 saturated carbocycles. The predicted octanol–water partition coefficient (Wildman–Crippen LogP) is 5.54. The molecule has 0 spiro atoms. The largest absolute Gasteiger partial charge is 0.378 e. The minimum absolute atomic E-state index is 0.828. The van der Waals surface area contributed by atoms with E-state index in [4.69, 9.17) is 4.52 Å². The van der Waals surface area contributed by atoms with E-state index in [2.05, 4.69) is 65.1 Å². The van der Waals surface area contributed by atoms with Crippen molar-refractivity contribution >= 4 is 27.5 Å². The maximum absolute atomic E-state index is 5.40. The van der Waals surface area contributed by atoms with Gasteiger partial charge < -0.3 is 14.0 Å². The Bertz CT molecular complexity index is 1140. The molecule has 5 rings (SSSR count). The van der Waals surface area contributed by atoms with Crippen LogP contribution in [0.5, 0.6) is 0 Å². The van der Waals surface area contributed by atoms with E-state index in [-0.39, 0.29) is 0 Å². The summed E-state index contributed by atoms with van der Waals surface area (Å²) in [5.74, 6) is 1.71. The van der Waals surface area contributed by atoms with Crippen LogP contribution in [0.3, 0.4) is 0 Å². The third kappa shape index (κ3) is 2.62. The zero-order chi connectivity index (χ0) is 18.7. The van der Waals surface area contributed by atoms with Gasteiger partial charge in [0.25, 0.3) is 0 Å². The summed E-state index contributed by atoms with van der Waals surface area (Å²) in [7, 11) is 4.20. The molecule has 4 heteroatoms. The van der Waals surface area contributed by atoms with Gasteiger partial charge in [0.15, 0.2) is 0 Å². The first-order valence-corrected chi connectivity index (χ1v) is 9.69. The summed E-state index contributed by atoms with van der Waals surface area (Å²) >= 11 is 0. The van der Waals surface area contributed by atoms with Gasteiger partial charge in [0.2, 0.25) is 0 Å². The Hall–Kier alpha value is -2.75. The molecule has 2 aromatic carbocycles. The minimum Gasteiger partial charge on any atom is -0.378 e. The third-order valence-corrected chi connectivity index (χ3v) is 5.83. The normalized spacial score (nSPS) is 14.4. The first-order valence-electron chi connectivity index (χ1n) is 9.69. The van der Waals surface area contributed by atoms with Gasteiger partial charge in [-0.3, -0.25) is 0 Å². The summed E-state index contributed by atoms with van der Waals surface area (Å²) in [5.41, 5.74) is 7.14. The summed E-state index contributed by atoms with van der Waals surface area (Å²) in [6.45, 7) is 5.11. The Morgan fingerprint density at radius 3 is 2.52 bits per heavy atom. The van der Waals surface area contributed by atoms with Gasteiger partial charge in [-0.25, -0.2) is 0 Å². The molecule has 0 amide bonds. The number of aromatic nitrogens is 2. The fourth-order valence-electron chi connectivity index (χ4n) is 4.17. The molecule has 0 saturated heterocycles.